The Bertz CT molecular complexity index is 1270. The van der Waals surface area contributed by atoms with Crippen LogP contribution in [0.25, 0.3) is 10.9 Å². The Morgan fingerprint density at radius 2 is 2.13 bits per heavy atom. The number of benzene rings is 1. The van der Waals surface area contributed by atoms with Gasteiger partial charge in [0.15, 0.2) is 5.49 Å². The first kappa shape index (κ1) is 22.1. The fourth-order valence-electron chi connectivity index (χ4n) is 2.93. The molecule has 0 saturated carbocycles. The second-order valence-electron chi connectivity index (χ2n) is 7.00. The highest BCUT2D eigenvalue weighted by atomic mass is 19.3. The predicted molar refractivity (Wildman–Crippen MR) is 114 cm³/mol. The first-order chi connectivity index (χ1) is 14.8. The monoisotopic (exact) mass is 425 g/mol. The van der Waals surface area contributed by atoms with Crippen LogP contribution in [0.1, 0.15) is 36.0 Å². The molecule has 0 unspecified atom stereocenters. The maximum absolute atomic E-state index is 14.4. The molecule has 0 amide bonds. The van der Waals surface area contributed by atoms with Gasteiger partial charge in [-0.25, -0.2) is 23.1 Å². The topological polar surface area (TPSA) is 55.1 Å². The highest BCUT2D eigenvalue weighted by molar-refractivity contribution is 5.78. The van der Waals surface area contributed by atoms with Gasteiger partial charge < -0.3 is 9.88 Å². The average molecular weight is 425 g/mol. The van der Waals surface area contributed by atoms with Gasteiger partial charge in [0.2, 0.25) is 0 Å². The van der Waals surface area contributed by atoms with E-state index in [1.165, 1.54) is 12.1 Å². The molecule has 0 aliphatic rings. The minimum Gasteiger partial charge on any atom is -0.378 e. The van der Waals surface area contributed by atoms with Gasteiger partial charge in [0, 0.05) is 23.7 Å². The number of allylic oxidation sites excluding steroid dienone is 1. The number of fused-ring (bicyclic) bond motifs is 1. The van der Waals surface area contributed by atoms with E-state index < -0.39 is 17.8 Å². The van der Waals surface area contributed by atoms with Crippen molar-refractivity contribution >= 4 is 10.9 Å². The molecule has 2 aromatic heterocycles. The Labute approximate surface area is 178 Å². The van der Waals surface area contributed by atoms with Crippen molar-refractivity contribution in [2.75, 3.05) is 6.54 Å². The van der Waals surface area contributed by atoms with Crippen LogP contribution in [0.2, 0.25) is 0 Å². The number of aromatic nitrogens is 3. The first-order valence-corrected chi connectivity index (χ1v) is 9.55. The lowest BCUT2D eigenvalue weighted by Crippen LogP contribution is -2.17. The zero-order valence-corrected chi connectivity index (χ0v) is 17.5. The molecule has 0 aliphatic heterocycles. The van der Waals surface area contributed by atoms with Crippen LogP contribution in [0.3, 0.4) is 0 Å². The molecule has 1 N–H and O–H groups in total. The lowest BCUT2D eigenvalue weighted by Gasteiger charge is -2.09. The normalized spacial score (nSPS) is 11.5. The lowest BCUT2D eigenvalue weighted by atomic mass is 10.1. The van der Waals surface area contributed by atoms with Crippen LogP contribution in [0.5, 0.6) is 0 Å². The Morgan fingerprint density at radius 1 is 1.35 bits per heavy atom. The first-order valence-electron chi connectivity index (χ1n) is 9.55. The highest BCUT2D eigenvalue weighted by Crippen LogP contribution is 2.24. The van der Waals surface area contributed by atoms with Crippen molar-refractivity contribution in [3.05, 3.63) is 76.7 Å². The second-order valence-corrected chi connectivity index (χ2v) is 7.00. The smallest absolute Gasteiger partial charge is 0.266 e. The fraction of sp³-hybridized carbons (Fsp3) is 0.261. The molecule has 8 heteroatoms. The Morgan fingerprint density at radius 3 is 2.84 bits per heavy atom. The number of hydrogen-bond acceptors (Lipinski definition) is 4. The van der Waals surface area contributed by atoms with E-state index in [0.717, 1.165) is 17.3 Å². The van der Waals surface area contributed by atoms with Crippen molar-refractivity contribution in [2.24, 2.45) is 12.0 Å². The molecular weight excluding hydrogens is 403 g/mol. The molecule has 0 radical (unpaired) electrons. The molecule has 0 spiro atoms. The largest absolute Gasteiger partial charge is 0.378 e. The molecule has 0 aliphatic carbocycles. The maximum atomic E-state index is 14.4. The van der Waals surface area contributed by atoms with Gasteiger partial charge in [-0.3, -0.25) is 4.99 Å². The summed E-state index contributed by atoms with van der Waals surface area (Å²) < 4.78 is 42.2. The Balaban J connectivity index is 2.05. The second kappa shape index (κ2) is 9.47. The molecule has 3 rings (SSSR count). The molecule has 0 bridgehead atoms. The molecule has 1 aromatic carbocycles. The summed E-state index contributed by atoms with van der Waals surface area (Å²) in [7, 11) is 1.85. The van der Waals surface area contributed by atoms with Gasteiger partial charge in [-0.05, 0) is 25.8 Å². The summed E-state index contributed by atoms with van der Waals surface area (Å²) in [5, 5.41) is 3.70. The van der Waals surface area contributed by atoms with Gasteiger partial charge in [0.05, 0.1) is 30.4 Å². The summed E-state index contributed by atoms with van der Waals surface area (Å²) in [6.45, 7) is 7.73. The van der Waals surface area contributed by atoms with E-state index in [-0.39, 0.29) is 12.1 Å². The van der Waals surface area contributed by atoms with Crippen LogP contribution in [-0.4, -0.2) is 21.1 Å². The van der Waals surface area contributed by atoms with E-state index in [9.17, 15) is 13.2 Å². The van der Waals surface area contributed by atoms with Crippen molar-refractivity contribution in [3.63, 3.8) is 0 Å². The third-order valence-corrected chi connectivity index (χ3v) is 4.68. The van der Waals surface area contributed by atoms with E-state index in [2.05, 4.69) is 38.7 Å². The number of pyridine rings is 1. The number of halogens is 3. The van der Waals surface area contributed by atoms with Gasteiger partial charge >= 0.3 is 0 Å². The Kier molecular flexibility index (Phi) is 6.75. The van der Waals surface area contributed by atoms with E-state index in [1.807, 2.05) is 25.5 Å². The summed E-state index contributed by atoms with van der Waals surface area (Å²) in [5.74, 6) is 5.67. The van der Waals surface area contributed by atoms with Crippen molar-refractivity contribution < 1.29 is 13.2 Å². The Hall–Kier alpha value is -3.60. The van der Waals surface area contributed by atoms with Crippen LogP contribution in [0.15, 0.2) is 47.7 Å². The molecule has 0 saturated heterocycles. The maximum Gasteiger partial charge on any atom is 0.266 e. The quantitative estimate of drug-likeness (QED) is 0.631. The van der Waals surface area contributed by atoms with Crippen molar-refractivity contribution in [2.45, 2.75) is 26.8 Å². The van der Waals surface area contributed by atoms with E-state index in [0.29, 0.717) is 28.9 Å². The lowest BCUT2D eigenvalue weighted by molar-refractivity contribution is 0.146. The van der Waals surface area contributed by atoms with Crippen LogP contribution < -0.4 is 10.8 Å². The average Bonchev–Trinajstić information content (AvgIpc) is 2.73. The molecule has 31 heavy (non-hydrogen) atoms. The van der Waals surface area contributed by atoms with Crippen LogP contribution in [0, 0.1) is 24.6 Å². The molecule has 2 heterocycles. The van der Waals surface area contributed by atoms with Crippen molar-refractivity contribution in [3.8, 4) is 11.8 Å². The van der Waals surface area contributed by atoms with Crippen molar-refractivity contribution in [1.29, 1.82) is 0 Å². The number of hydrogen-bond donors (Lipinski definition) is 1. The minimum atomic E-state index is -2.89. The van der Waals surface area contributed by atoms with E-state index >= 15 is 0 Å². The van der Waals surface area contributed by atoms with Gasteiger partial charge in [-0.2, -0.15) is 0 Å². The summed E-state index contributed by atoms with van der Waals surface area (Å²) in [6.07, 6.45) is -1.21. The minimum absolute atomic E-state index is 0.0820. The van der Waals surface area contributed by atoms with E-state index in [1.54, 1.807) is 12.3 Å². The molecule has 5 nitrogen and oxygen atoms in total. The van der Waals surface area contributed by atoms with Gasteiger partial charge in [-0.1, -0.05) is 30.7 Å². The molecular formula is C23H22F3N5. The third kappa shape index (κ3) is 5.12. The van der Waals surface area contributed by atoms with Gasteiger partial charge in [-0.15, -0.1) is 0 Å². The molecule has 0 atom stereocenters. The molecule has 160 valence electrons. The number of nitrogens with zero attached hydrogens (tertiary/aromatic N) is 4. The summed E-state index contributed by atoms with van der Waals surface area (Å²) in [6, 6.07) is 5.67. The van der Waals surface area contributed by atoms with Gasteiger partial charge in [0.25, 0.3) is 6.43 Å². The summed E-state index contributed by atoms with van der Waals surface area (Å²) in [5.41, 5.74) is 1.95. The standard InChI is InChI=1S/C23H22F3N5/c1-14(2)27-10-6-8-17-11-19-20(13-28-17)31(4)15(3)30-23(19)29-12-16-7-5-9-18(21(16)24)22(25)26/h5,7,9,11,13,22,27H,1,10,12H2,2-4H3. The highest BCUT2D eigenvalue weighted by Gasteiger charge is 2.15. The zero-order valence-electron chi connectivity index (χ0n) is 17.5. The third-order valence-electron chi connectivity index (χ3n) is 4.68. The predicted octanol–water partition coefficient (Wildman–Crippen LogP) is 3.93. The molecule has 3 aromatic rings. The van der Waals surface area contributed by atoms with E-state index in [4.69, 9.17) is 0 Å². The summed E-state index contributed by atoms with van der Waals surface area (Å²) in [4.78, 5) is 13.3. The fourth-order valence-corrected chi connectivity index (χ4v) is 2.93. The number of aryl methyl sites for hydroxylation is 2. The van der Waals surface area contributed by atoms with Crippen molar-refractivity contribution in [1.82, 2.24) is 19.9 Å². The van der Waals surface area contributed by atoms with Crippen LogP contribution in [-0.2, 0) is 13.6 Å². The SMILES string of the molecule is C=C(C)NCC#Cc1cc2c(=NCc3cccc(C(F)F)c3F)nc(C)n(C)c2cn1. The molecule has 0 fully saturated rings. The van der Waals surface area contributed by atoms with Crippen LogP contribution >= 0.6 is 0 Å². The number of rotatable bonds is 5. The van der Waals surface area contributed by atoms with Gasteiger partial charge in [0.1, 0.15) is 17.3 Å². The summed E-state index contributed by atoms with van der Waals surface area (Å²) >= 11 is 0. The zero-order chi connectivity index (χ0) is 22.5. The number of nitrogens with one attached hydrogen (secondary N) is 1. The van der Waals surface area contributed by atoms with Crippen LogP contribution in [0.4, 0.5) is 13.2 Å². The number of alkyl halides is 2.